The number of carbonyl (C=O) groups is 1. The molecule has 1 aromatic carbocycles. The molecular formula is C17H21NO2S. The zero-order valence-corrected chi connectivity index (χ0v) is 13.1. The molecule has 0 radical (unpaired) electrons. The Labute approximate surface area is 130 Å². The number of aliphatic hydroxyl groups excluding tert-OH is 1. The molecule has 1 saturated carbocycles. The van der Waals surface area contributed by atoms with Gasteiger partial charge in [-0.3, -0.25) is 4.79 Å². The summed E-state index contributed by atoms with van der Waals surface area (Å²) in [6, 6.07) is 7.20. The van der Waals surface area contributed by atoms with Crippen molar-refractivity contribution in [1.82, 2.24) is 5.32 Å². The fourth-order valence-electron chi connectivity index (χ4n) is 2.70. The fraction of sp³-hybridized carbons (Fsp3) is 0.471. The van der Waals surface area contributed by atoms with Crippen LogP contribution in [0, 0.1) is 11.8 Å². The van der Waals surface area contributed by atoms with E-state index < -0.39 is 0 Å². The smallest absolute Gasteiger partial charge is 0.251 e. The van der Waals surface area contributed by atoms with Gasteiger partial charge in [-0.05, 0) is 37.3 Å². The lowest BCUT2D eigenvalue weighted by Crippen LogP contribution is -2.38. The second-order valence-corrected chi connectivity index (χ2v) is 6.59. The molecule has 21 heavy (non-hydrogen) atoms. The van der Waals surface area contributed by atoms with Gasteiger partial charge in [-0.15, -0.1) is 0 Å². The van der Waals surface area contributed by atoms with E-state index in [2.05, 4.69) is 23.4 Å². The topological polar surface area (TPSA) is 49.3 Å². The summed E-state index contributed by atoms with van der Waals surface area (Å²) in [5, 5.41) is 11.8. The maximum absolute atomic E-state index is 12.3. The number of hydrogen-bond acceptors (Lipinski definition) is 3. The lowest BCUT2D eigenvalue weighted by atomic mass is 10.1. The van der Waals surface area contributed by atoms with Crippen molar-refractivity contribution in [3.63, 3.8) is 0 Å². The van der Waals surface area contributed by atoms with Crippen LogP contribution in [0.3, 0.4) is 0 Å². The molecule has 0 saturated heterocycles. The van der Waals surface area contributed by atoms with Gasteiger partial charge >= 0.3 is 0 Å². The monoisotopic (exact) mass is 303 g/mol. The minimum atomic E-state index is -0.174. The van der Waals surface area contributed by atoms with Crippen molar-refractivity contribution in [3.8, 4) is 11.8 Å². The van der Waals surface area contributed by atoms with E-state index in [-0.39, 0.29) is 17.3 Å². The van der Waals surface area contributed by atoms with E-state index in [4.69, 9.17) is 5.11 Å². The maximum atomic E-state index is 12.3. The molecule has 4 heteroatoms. The molecule has 1 aliphatic rings. The molecule has 1 aromatic rings. The Balaban J connectivity index is 2.00. The number of thioether (sulfide) groups is 1. The van der Waals surface area contributed by atoms with Crippen LogP contribution in [0.1, 0.15) is 41.6 Å². The van der Waals surface area contributed by atoms with Crippen LogP contribution in [0.2, 0.25) is 0 Å². The number of rotatable bonds is 4. The third-order valence-corrected chi connectivity index (χ3v) is 5.37. The molecule has 1 aliphatic carbocycles. The summed E-state index contributed by atoms with van der Waals surface area (Å²) in [5.41, 5.74) is 1.37. The molecule has 3 nitrogen and oxygen atoms in total. The van der Waals surface area contributed by atoms with Crippen molar-refractivity contribution in [2.24, 2.45) is 0 Å². The molecular weight excluding hydrogens is 282 g/mol. The van der Waals surface area contributed by atoms with Crippen molar-refractivity contribution >= 4 is 17.7 Å². The molecule has 1 fully saturated rings. The van der Waals surface area contributed by atoms with Crippen LogP contribution in [0.25, 0.3) is 0 Å². The van der Waals surface area contributed by atoms with Crippen LogP contribution in [0.15, 0.2) is 24.3 Å². The molecule has 0 aromatic heterocycles. The highest BCUT2D eigenvalue weighted by Crippen LogP contribution is 2.39. The minimum Gasteiger partial charge on any atom is -0.384 e. The van der Waals surface area contributed by atoms with Crippen LogP contribution in [0.5, 0.6) is 0 Å². The summed E-state index contributed by atoms with van der Waals surface area (Å²) in [5.74, 6) is 5.36. The van der Waals surface area contributed by atoms with E-state index in [9.17, 15) is 4.79 Å². The highest BCUT2D eigenvalue weighted by Gasteiger charge is 2.33. The third kappa shape index (κ3) is 4.26. The molecule has 0 heterocycles. The third-order valence-electron chi connectivity index (χ3n) is 3.96. The number of nitrogens with one attached hydrogen (secondary N) is 1. The second kappa shape index (κ2) is 7.53. The zero-order chi connectivity index (χ0) is 15.1. The molecule has 2 N–H and O–H groups in total. The molecule has 0 aliphatic heterocycles. The predicted octanol–water partition coefficient (Wildman–Crippen LogP) is 2.44. The van der Waals surface area contributed by atoms with E-state index in [0.717, 1.165) is 12.1 Å². The van der Waals surface area contributed by atoms with E-state index in [1.165, 1.54) is 25.7 Å². The van der Waals surface area contributed by atoms with Gasteiger partial charge < -0.3 is 10.4 Å². The second-order valence-electron chi connectivity index (χ2n) is 5.32. The Morgan fingerprint density at radius 1 is 1.43 bits per heavy atom. The highest BCUT2D eigenvalue weighted by molar-refractivity contribution is 8.00. The summed E-state index contributed by atoms with van der Waals surface area (Å²) in [4.78, 5) is 12.3. The van der Waals surface area contributed by atoms with Crippen molar-refractivity contribution in [1.29, 1.82) is 0 Å². The quantitative estimate of drug-likeness (QED) is 0.840. The fourth-order valence-corrected chi connectivity index (χ4v) is 3.61. The summed E-state index contributed by atoms with van der Waals surface area (Å²) in [6.45, 7) is 0.548. The van der Waals surface area contributed by atoms with Crippen LogP contribution in [-0.4, -0.2) is 35.2 Å². The molecule has 0 unspecified atom stereocenters. The Morgan fingerprint density at radius 2 is 2.19 bits per heavy atom. The number of amides is 1. The van der Waals surface area contributed by atoms with Gasteiger partial charge in [0, 0.05) is 22.4 Å². The SMILES string of the molecule is CSC1(CNC(=O)c2cccc(C#CCO)c2)CCCC1. The van der Waals surface area contributed by atoms with Gasteiger partial charge in [0.05, 0.1) is 0 Å². The summed E-state index contributed by atoms with van der Waals surface area (Å²) < 4.78 is 0.212. The van der Waals surface area contributed by atoms with E-state index in [1.54, 1.807) is 12.1 Å². The number of carbonyl (C=O) groups excluding carboxylic acids is 1. The van der Waals surface area contributed by atoms with Crippen molar-refractivity contribution in [2.45, 2.75) is 30.4 Å². The number of aliphatic hydroxyl groups is 1. The zero-order valence-electron chi connectivity index (χ0n) is 12.3. The van der Waals surface area contributed by atoms with Gasteiger partial charge in [0.15, 0.2) is 0 Å². The normalized spacial score (nSPS) is 16.1. The lowest BCUT2D eigenvalue weighted by Gasteiger charge is -2.26. The van der Waals surface area contributed by atoms with Gasteiger partial charge in [0.2, 0.25) is 0 Å². The molecule has 1 amide bonds. The standard InChI is InChI=1S/C17H21NO2S/c1-21-17(9-2-3-10-17)13-18-16(20)15-8-4-6-14(12-15)7-5-11-19/h4,6,8,12,19H,2-3,9-11,13H2,1H3,(H,18,20). The van der Waals surface area contributed by atoms with Crippen LogP contribution in [0.4, 0.5) is 0 Å². The van der Waals surface area contributed by atoms with E-state index >= 15 is 0 Å². The van der Waals surface area contributed by atoms with Crippen molar-refractivity contribution < 1.29 is 9.90 Å². The van der Waals surface area contributed by atoms with Crippen molar-refractivity contribution in [3.05, 3.63) is 35.4 Å². The molecule has 0 atom stereocenters. The first-order valence-corrected chi connectivity index (χ1v) is 8.45. The Kier molecular flexibility index (Phi) is 5.72. The maximum Gasteiger partial charge on any atom is 0.251 e. The molecule has 112 valence electrons. The van der Waals surface area contributed by atoms with Gasteiger partial charge in [-0.1, -0.05) is 30.7 Å². The van der Waals surface area contributed by atoms with Crippen molar-refractivity contribution in [2.75, 3.05) is 19.4 Å². The summed E-state index contributed by atoms with van der Waals surface area (Å²) in [7, 11) is 0. The van der Waals surface area contributed by atoms with E-state index in [1.807, 2.05) is 23.9 Å². The van der Waals surface area contributed by atoms with Gasteiger partial charge in [0.25, 0.3) is 5.91 Å². The number of benzene rings is 1. The first-order valence-electron chi connectivity index (χ1n) is 7.22. The average Bonchev–Trinajstić information content (AvgIpc) is 3.00. The predicted molar refractivity (Wildman–Crippen MR) is 87.5 cm³/mol. The van der Waals surface area contributed by atoms with Gasteiger partial charge in [-0.2, -0.15) is 11.8 Å². The van der Waals surface area contributed by atoms with Crippen LogP contribution >= 0.6 is 11.8 Å². The lowest BCUT2D eigenvalue weighted by molar-refractivity contribution is 0.0949. The summed E-state index contributed by atoms with van der Waals surface area (Å²) >= 11 is 1.87. The van der Waals surface area contributed by atoms with Gasteiger partial charge in [0.1, 0.15) is 6.61 Å². The number of hydrogen-bond donors (Lipinski definition) is 2. The van der Waals surface area contributed by atoms with Gasteiger partial charge in [-0.25, -0.2) is 0 Å². The first kappa shape index (κ1) is 15.9. The first-order chi connectivity index (χ1) is 10.2. The highest BCUT2D eigenvalue weighted by atomic mass is 32.2. The Morgan fingerprint density at radius 3 is 2.86 bits per heavy atom. The van der Waals surface area contributed by atoms with Crippen LogP contribution in [-0.2, 0) is 0 Å². The molecule has 0 spiro atoms. The average molecular weight is 303 g/mol. The summed E-state index contributed by atoms with van der Waals surface area (Å²) in [6.07, 6.45) is 6.99. The minimum absolute atomic E-state index is 0.0528. The Bertz CT molecular complexity index is 553. The molecule has 0 bridgehead atoms. The van der Waals surface area contributed by atoms with E-state index in [0.29, 0.717) is 5.56 Å². The Hall–Kier alpha value is -1.44. The molecule has 2 rings (SSSR count). The van der Waals surface area contributed by atoms with Crippen LogP contribution < -0.4 is 5.32 Å². The largest absolute Gasteiger partial charge is 0.384 e.